The Morgan fingerprint density at radius 3 is 2.22 bits per heavy atom. The van der Waals surface area contributed by atoms with Crippen LogP contribution >= 0.6 is 0 Å². The summed E-state index contributed by atoms with van der Waals surface area (Å²) in [6.45, 7) is 0.640. The molecule has 2 atom stereocenters. The molecule has 0 radical (unpaired) electrons. The number of aliphatic hydroxyl groups excluding tert-OH is 1. The maximum Gasteiger partial charge on any atom is 0.250 e. The molecule has 2 saturated heterocycles. The van der Waals surface area contributed by atoms with Gasteiger partial charge in [-0.25, -0.2) is 17.2 Å². The molecule has 106 valence electrons. The predicted octanol–water partition coefficient (Wildman–Crippen LogP) is -0.278. The minimum atomic E-state index is -3.33. The minimum absolute atomic E-state index is 0.0520. The van der Waals surface area contributed by atoms with Crippen LogP contribution in [0.1, 0.15) is 12.8 Å². The number of rotatable bonds is 2. The lowest BCUT2D eigenvalue weighted by Crippen LogP contribution is -2.49. The molecule has 0 aromatic heterocycles. The highest BCUT2D eigenvalue weighted by Gasteiger charge is 2.43. The van der Waals surface area contributed by atoms with E-state index in [-0.39, 0.29) is 45.1 Å². The van der Waals surface area contributed by atoms with Crippen molar-refractivity contribution in [1.29, 1.82) is 0 Å². The Morgan fingerprint density at radius 2 is 1.78 bits per heavy atom. The topological polar surface area (TPSA) is 60.9 Å². The molecule has 0 aliphatic carbocycles. The highest BCUT2D eigenvalue weighted by molar-refractivity contribution is 7.88. The van der Waals surface area contributed by atoms with Gasteiger partial charge in [0.05, 0.1) is 18.4 Å². The van der Waals surface area contributed by atoms with E-state index in [2.05, 4.69) is 0 Å². The first-order chi connectivity index (χ1) is 8.19. The molecule has 18 heavy (non-hydrogen) atoms. The number of hydrogen-bond donors (Lipinski definition) is 1. The molecule has 1 N–H and O–H groups in total. The van der Waals surface area contributed by atoms with E-state index in [1.807, 2.05) is 0 Å². The Labute approximate surface area is 105 Å². The van der Waals surface area contributed by atoms with Crippen LogP contribution in [0.2, 0.25) is 0 Å². The summed E-state index contributed by atoms with van der Waals surface area (Å²) in [5.41, 5.74) is 0. The van der Waals surface area contributed by atoms with Crippen LogP contribution in [0.15, 0.2) is 0 Å². The predicted molar refractivity (Wildman–Crippen MR) is 62.0 cm³/mol. The molecule has 8 heteroatoms. The van der Waals surface area contributed by atoms with Gasteiger partial charge in [0.1, 0.15) is 0 Å². The monoisotopic (exact) mass is 284 g/mol. The van der Waals surface area contributed by atoms with Crippen LogP contribution in [0.25, 0.3) is 0 Å². The zero-order chi connectivity index (χ0) is 13.6. The maximum atomic E-state index is 13.0. The van der Waals surface area contributed by atoms with Crippen LogP contribution in [-0.4, -0.2) is 73.2 Å². The Balaban J connectivity index is 1.99. The quantitative estimate of drug-likeness (QED) is 0.758. The van der Waals surface area contributed by atoms with Crippen molar-refractivity contribution in [3.05, 3.63) is 0 Å². The summed E-state index contributed by atoms with van der Waals surface area (Å²) < 4.78 is 50.0. The Hall–Kier alpha value is -0.310. The number of piperidine rings is 1. The minimum Gasteiger partial charge on any atom is -0.390 e. The lowest BCUT2D eigenvalue weighted by molar-refractivity contribution is -0.0697. The van der Waals surface area contributed by atoms with Crippen LogP contribution in [0, 0.1) is 0 Å². The molecule has 0 saturated carbocycles. The maximum absolute atomic E-state index is 13.0. The summed E-state index contributed by atoms with van der Waals surface area (Å²) in [5, 5.41) is 9.87. The number of β-amino-alcohol motifs (C(OH)–C–C–N with tert-alkyl or cyclic N) is 1. The van der Waals surface area contributed by atoms with Gasteiger partial charge >= 0.3 is 0 Å². The fourth-order valence-electron chi connectivity index (χ4n) is 2.55. The number of likely N-dealkylation sites (tertiary alicyclic amines) is 1. The van der Waals surface area contributed by atoms with Crippen molar-refractivity contribution in [2.45, 2.75) is 30.9 Å². The SMILES string of the molecule is CS(=O)(=O)N1C[C@@H](O)[C@H](N2CCC(F)(F)CC2)C1. The van der Waals surface area contributed by atoms with Crippen LogP contribution in [-0.2, 0) is 10.0 Å². The van der Waals surface area contributed by atoms with E-state index < -0.39 is 22.0 Å². The van der Waals surface area contributed by atoms with Crippen molar-refractivity contribution >= 4 is 10.0 Å². The zero-order valence-electron chi connectivity index (χ0n) is 10.2. The molecule has 5 nitrogen and oxygen atoms in total. The highest BCUT2D eigenvalue weighted by Crippen LogP contribution is 2.30. The van der Waals surface area contributed by atoms with Gasteiger partial charge < -0.3 is 5.11 Å². The van der Waals surface area contributed by atoms with E-state index in [4.69, 9.17) is 0 Å². The average molecular weight is 284 g/mol. The van der Waals surface area contributed by atoms with E-state index in [1.54, 1.807) is 4.90 Å². The standard InChI is InChI=1S/C10H18F2N2O3S/c1-18(16,17)14-6-8(9(15)7-14)13-4-2-10(11,12)3-5-13/h8-9,15H,2-7H2,1H3/t8-,9-/m1/s1. The Morgan fingerprint density at radius 1 is 1.22 bits per heavy atom. The molecule has 2 aliphatic heterocycles. The summed E-state index contributed by atoms with van der Waals surface area (Å²) in [7, 11) is -3.33. The fraction of sp³-hybridized carbons (Fsp3) is 1.00. The van der Waals surface area contributed by atoms with Gasteiger partial charge in [-0.1, -0.05) is 0 Å². The smallest absolute Gasteiger partial charge is 0.250 e. The normalized spacial score (nSPS) is 34.9. The fourth-order valence-corrected chi connectivity index (χ4v) is 3.39. The second kappa shape index (κ2) is 4.66. The number of hydrogen-bond acceptors (Lipinski definition) is 4. The van der Waals surface area contributed by atoms with Gasteiger partial charge in [-0.3, -0.25) is 4.90 Å². The molecule has 0 unspecified atom stereocenters. The zero-order valence-corrected chi connectivity index (χ0v) is 11.0. The third-order valence-electron chi connectivity index (χ3n) is 3.69. The van der Waals surface area contributed by atoms with Gasteiger partial charge in [-0.05, 0) is 0 Å². The van der Waals surface area contributed by atoms with Crippen molar-refractivity contribution in [2.24, 2.45) is 0 Å². The van der Waals surface area contributed by atoms with Crippen molar-refractivity contribution in [3.63, 3.8) is 0 Å². The Bertz CT molecular complexity index is 405. The van der Waals surface area contributed by atoms with Crippen LogP contribution in [0.4, 0.5) is 8.78 Å². The molecule has 2 fully saturated rings. The van der Waals surface area contributed by atoms with E-state index >= 15 is 0 Å². The van der Waals surface area contributed by atoms with E-state index in [1.165, 1.54) is 4.31 Å². The number of sulfonamides is 1. The first-order valence-electron chi connectivity index (χ1n) is 5.94. The molecular formula is C10H18F2N2O3S. The molecule has 0 amide bonds. The molecular weight excluding hydrogens is 266 g/mol. The molecule has 0 bridgehead atoms. The Kier molecular flexibility index (Phi) is 3.65. The van der Waals surface area contributed by atoms with E-state index in [0.717, 1.165) is 6.26 Å². The van der Waals surface area contributed by atoms with E-state index in [9.17, 15) is 22.3 Å². The van der Waals surface area contributed by atoms with E-state index in [0.29, 0.717) is 0 Å². The van der Waals surface area contributed by atoms with Gasteiger partial charge in [-0.15, -0.1) is 0 Å². The third-order valence-corrected chi connectivity index (χ3v) is 4.93. The van der Waals surface area contributed by atoms with Crippen molar-refractivity contribution in [1.82, 2.24) is 9.21 Å². The summed E-state index contributed by atoms with van der Waals surface area (Å²) >= 11 is 0. The summed E-state index contributed by atoms with van der Waals surface area (Å²) in [6.07, 6.45) is -0.164. The van der Waals surface area contributed by atoms with Gasteiger partial charge in [0.2, 0.25) is 10.0 Å². The summed E-state index contributed by atoms with van der Waals surface area (Å²) in [4.78, 5) is 1.77. The van der Waals surface area contributed by atoms with Gasteiger partial charge in [0.15, 0.2) is 0 Å². The summed E-state index contributed by atoms with van der Waals surface area (Å²) in [6, 6.07) is -0.365. The number of aliphatic hydroxyl groups is 1. The molecule has 0 aromatic rings. The molecule has 2 heterocycles. The second-order valence-electron chi connectivity index (χ2n) is 5.11. The second-order valence-corrected chi connectivity index (χ2v) is 7.09. The summed E-state index contributed by atoms with van der Waals surface area (Å²) in [5.74, 6) is -2.63. The van der Waals surface area contributed by atoms with Crippen LogP contribution in [0.5, 0.6) is 0 Å². The first kappa shape index (κ1) is 14.1. The molecule has 0 spiro atoms. The van der Waals surface area contributed by atoms with Gasteiger partial charge in [-0.2, -0.15) is 4.31 Å². The number of nitrogens with zero attached hydrogens (tertiary/aromatic N) is 2. The number of halogens is 2. The van der Waals surface area contributed by atoms with Gasteiger partial charge in [0, 0.05) is 39.0 Å². The van der Waals surface area contributed by atoms with Crippen LogP contribution < -0.4 is 0 Å². The number of alkyl halides is 2. The van der Waals surface area contributed by atoms with Gasteiger partial charge in [0.25, 0.3) is 5.92 Å². The van der Waals surface area contributed by atoms with Crippen LogP contribution in [0.3, 0.4) is 0 Å². The average Bonchev–Trinajstić information content (AvgIpc) is 2.60. The molecule has 2 aliphatic rings. The van der Waals surface area contributed by atoms with Crippen molar-refractivity contribution in [2.75, 3.05) is 32.4 Å². The lowest BCUT2D eigenvalue weighted by Gasteiger charge is -2.36. The van der Waals surface area contributed by atoms with Crippen molar-refractivity contribution < 1.29 is 22.3 Å². The highest BCUT2D eigenvalue weighted by atomic mass is 32.2. The molecule has 2 rings (SSSR count). The largest absolute Gasteiger partial charge is 0.390 e. The lowest BCUT2D eigenvalue weighted by atomic mass is 10.0. The first-order valence-corrected chi connectivity index (χ1v) is 7.79. The van der Waals surface area contributed by atoms with Crippen molar-refractivity contribution in [3.8, 4) is 0 Å². The molecule has 0 aromatic carbocycles. The third kappa shape index (κ3) is 2.98.